The van der Waals surface area contributed by atoms with Crippen LogP contribution in [-0.4, -0.2) is 23.1 Å². The highest BCUT2D eigenvalue weighted by atomic mass is 16.6. The fraction of sp³-hybridized carbons (Fsp3) is 0.625. The molecular weight excluding hydrogens is 352 g/mol. The van der Waals surface area contributed by atoms with E-state index in [0.717, 1.165) is 19.3 Å². The van der Waals surface area contributed by atoms with Gasteiger partial charge in [0.25, 0.3) is 0 Å². The van der Waals surface area contributed by atoms with Gasteiger partial charge in [-0.3, -0.25) is 14.4 Å². The zero-order chi connectivity index (χ0) is 20.5. The van der Waals surface area contributed by atoms with Gasteiger partial charge in [-0.05, 0) is 63.5 Å². The maximum atomic E-state index is 12.9. The molecule has 0 spiro atoms. The molecule has 0 aromatic heterocycles. The van der Waals surface area contributed by atoms with Gasteiger partial charge in [0, 0.05) is 23.7 Å². The Kier molecular flexibility index (Phi) is 4.16. The molecule has 0 N–H and O–H groups in total. The summed E-state index contributed by atoms with van der Waals surface area (Å²) in [6.07, 6.45) is 11.3. The van der Waals surface area contributed by atoms with Crippen molar-refractivity contribution in [3.05, 3.63) is 35.5 Å². The molecule has 4 aliphatic carbocycles. The van der Waals surface area contributed by atoms with Gasteiger partial charge in [0.05, 0.1) is 0 Å². The predicted molar refractivity (Wildman–Crippen MR) is 106 cm³/mol. The van der Waals surface area contributed by atoms with Gasteiger partial charge in [0.1, 0.15) is 0 Å². The van der Waals surface area contributed by atoms with Crippen LogP contribution >= 0.6 is 0 Å². The maximum Gasteiger partial charge on any atom is 0.303 e. The minimum absolute atomic E-state index is 0.00938. The van der Waals surface area contributed by atoms with Gasteiger partial charge >= 0.3 is 5.97 Å². The van der Waals surface area contributed by atoms with Crippen LogP contribution in [0, 0.1) is 28.6 Å². The predicted octanol–water partition coefficient (Wildman–Crippen LogP) is 4.35. The van der Waals surface area contributed by atoms with Gasteiger partial charge in [-0.15, -0.1) is 0 Å². The quantitative estimate of drug-likeness (QED) is 0.526. The highest BCUT2D eigenvalue weighted by Gasteiger charge is 2.69. The third-order valence-corrected chi connectivity index (χ3v) is 8.32. The van der Waals surface area contributed by atoms with Crippen LogP contribution < -0.4 is 0 Å². The molecule has 4 rings (SSSR count). The van der Waals surface area contributed by atoms with Crippen LogP contribution in [0.15, 0.2) is 35.5 Å². The normalized spacial score (nSPS) is 44.0. The summed E-state index contributed by atoms with van der Waals surface area (Å²) in [5.41, 5.74) is 0.926. The number of ether oxygens (including phenoxy) is 1. The van der Waals surface area contributed by atoms with Crippen molar-refractivity contribution in [2.75, 3.05) is 0 Å². The van der Waals surface area contributed by atoms with Gasteiger partial charge < -0.3 is 4.74 Å². The van der Waals surface area contributed by atoms with E-state index >= 15 is 0 Å². The SMILES string of the molecule is CC(=O)O[C@]1(C(C)=O)C(C)C[C@H]2[C@@H]3CCC4=CC(=O)C=C[C@]4(C)C3=CC[C@@]21C. The molecule has 6 atom stereocenters. The topological polar surface area (TPSA) is 60.4 Å². The first kappa shape index (κ1) is 19.4. The molecule has 0 amide bonds. The van der Waals surface area contributed by atoms with E-state index < -0.39 is 11.0 Å². The van der Waals surface area contributed by atoms with Crippen LogP contribution in [0.2, 0.25) is 0 Å². The molecule has 28 heavy (non-hydrogen) atoms. The van der Waals surface area contributed by atoms with Crippen molar-refractivity contribution < 1.29 is 19.1 Å². The van der Waals surface area contributed by atoms with E-state index in [1.807, 2.05) is 0 Å². The third kappa shape index (κ3) is 2.26. The Morgan fingerprint density at radius 2 is 1.93 bits per heavy atom. The summed E-state index contributed by atoms with van der Waals surface area (Å²) in [6.45, 7) is 9.39. The number of fused-ring (bicyclic) bond motifs is 5. The Bertz CT molecular complexity index is 862. The molecule has 0 aromatic rings. The second-order valence-corrected chi connectivity index (χ2v) is 9.66. The summed E-state index contributed by atoms with van der Waals surface area (Å²) in [5.74, 6) is 0.279. The summed E-state index contributed by atoms with van der Waals surface area (Å²) in [4.78, 5) is 36.8. The largest absolute Gasteiger partial charge is 0.450 e. The molecule has 150 valence electrons. The number of ketones is 2. The first-order valence-electron chi connectivity index (χ1n) is 10.4. The Hall–Kier alpha value is -1.97. The minimum atomic E-state index is -1.05. The van der Waals surface area contributed by atoms with Crippen LogP contribution in [0.3, 0.4) is 0 Å². The fourth-order valence-corrected chi connectivity index (χ4v) is 7.12. The van der Waals surface area contributed by atoms with Gasteiger partial charge in [-0.2, -0.15) is 0 Å². The molecule has 4 aliphatic rings. The summed E-state index contributed by atoms with van der Waals surface area (Å²) in [5, 5.41) is 0. The molecule has 0 heterocycles. The number of carbonyl (C=O) groups is 3. The molecular formula is C24H30O4. The minimum Gasteiger partial charge on any atom is -0.450 e. The average Bonchev–Trinajstić information content (AvgIpc) is 2.83. The van der Waals surface area contributed by atoms with Crippen molar-refractivity contribution in [3.8, 4) is 0 Å². The van der Waals surface area contributed by atoms with Crippen molar-refractivity contribution in [1.82, 2.24) is 0 Å². The number of Topliss-reactive ketones (excluding diaryl/α,β-unsaturated/α-hetero) is 1. The van der Waals surface area contributed by atoms with E-state index in [2.05, 4.69) is 32.9 Å². The standard InChI is InChI=1S/C24H30O4/c1-14-12-21-19-7-6-17-13-18(27)8-10-22(17,4)20(19)9-11-23(21,5)24(14,15(2)25)28-16(3)26/h8-10,13-14,19,21H,6-7,11-12H2,1-5H3/t14?,19-,21+,22+,23+,24+/m1/s1. The second kappa shape index (κ2) is 6.01. The molecule has 0 aliphatic heterocycles. The highest BCUT2D eigenvalue weighted by molar-refractivity contribution is 6.01. The van der Waals surface area contributed by atoms with Gasteiger partial charge in [0.2, 0.25) is 0 Å². The van der Waals surface area contributed by atoms with Crippen LogP contribution in [-0.2, 0) is 19.1 Å². The first-order valence-corrected chi connectivity index (χ1v) is 10.4. The summed E-state index contributed by atoms with van der Waals surface area (Å²) in [6, 6.07) is 0. The lowest BCUT2D eigenvalue weighted by molar-refractivity contribution is -0.186. The van der Waals surface area contributed by atoms with Crippen molar-refractivity contribution in [3.63, 3.8) is 0 Å². The number of rotatable bonds is 2. The lowest BCUT2D eigenvalue weighted by atomic mass is 9.51. The van der Waals surface area contributed by atoms with Crippen molar-refractivity contribution in [2.45, 2.75) is 65.9 Å². The van der Waals surface area contributed by atoms with Crippen molar-refractivity contribution >= 4 is 17.5 Å². The van der Waals surface area contributed by atoms with Gasteiger partial charge in [-0.25, -0.2) is 0 Å². The van der Waals surface area contributed by atoms with E-state index in [1.54, 1.807) is 19.1 Å². The van der Waals surface area contributed by atoms with Crippen molar-refractivity contribution in [1.29, 1.82) is 0 Å². The van der Waals surface area contributed by atoms with Crippen molar-refractivity contribution in [2.24, 2.45) is 28.6 Å². The monoisotopic (exact) mass is 382 g/mol. The Morgan fingerprint density at radius 1 is 1.21 bits per heavy atom. The van der Waals surface area contributed by atoms with Crippen LogP contribution in [0.1, 0.15) is 60.3 Å². The molecule has 0 aromatic carbocycles. The lowest BCUT2D eigenvalue weighted by Gasteiger charge is -2.54. The van der Waals surface area contributed by atoms with E-state index in [1.165, 1.54) is 18.1 Å². The number of hydrogen-bond acceptors (Lipinski definition) is 4. The molecule has 4 heteroatoms. The first-order chi connectivity index (χ1) is 13.1. The maximum absolute atomic E-state index is 12.9. The second-order valence-electron chi connectivity index (χ2n) is 9.66. The van der Waals surface area contributed by atoms with Crippen LogP contribution in [0.4, 0.5) is 0 Å². The molecule has 0 saturated heterocycles. The number of esters is 1. The third-order valence-electron chi connectivity index (χ3n) is 8.32. The fourth-order valence-electron chi connectivity index (χ4n) is 7.12. The van der Waals surface area contributed by atoms with E-state index in [9.17, 15) is 14.4 Å². The van der Waals surface area contributed by atoms with Gasteiger partial charge in [-0.1, -0.05) is 37.1 Å². The molecule has 2 fully saturated rings. The summed E-state index contributed by atoms with van der Waals surface area (Å²) in [7, 11) is 0. The van der Waals surface area contributed by atoms with Crippen LogP contribution in [0.25, 0.3) is 0 Å². The summed E-state index contributed by atoms with van der Waals surface area (Å²) < 4.78 is 5.88. The Balaban J connectivity index is 1.82. The highest BCUT2D eigenvalue weighted by Crippen LogP contribution is 2.67. The average molecular weight is 383 g/mol. The Morgan fingerprint density at radius 3 is 2.57 bits per heavy atom. The van der Waals surface area contributed by atoms with Gasteiger partial charge in [0.15, 0.2) is 17.2 Å². The molecule has 0 radical (unpaired) electrons. The lowest BCUT2D eigenvalue weighted by Crippen LogP contribution is -2.58. The number of allylic oxidation sites excluding steroid dienone is 6. The smallest absolute Gasteiger partial charge is 0.303 e. The molecule has 0 bridgehead atoms. The van der Waals surface area contributed by atoms with Crippen LogP contribution in [0.5, 0.6) is 0 Å². The summed E-state index contributed by atoms with van der Waals surface area (Å²) >= 11 is 0. The molecule has 1 unspecified atom stereocenters. The number of hydrogen-bond donors (Lipinski definition) is 0. The Labute approximate surface area is 167 Å². The molecule has 4 nitrogen and oxygen atoms in total. The zero-order valence-electron chi connectivity index (χ0n) is 17.5. The van der Waals surface area contributed by atoms with E-state index in [-0.39, 0.29) is 34.8 Å². The van der Waals surface area contributed by atoms with E-state index in [0.29, 0.717) is 12.3 Å². The number of carbonyl (C=O) groups excluding carboxylic acids is 3. The zero-order valence-corrected chi connectivity index (χ0v) is 17.5. The molecule has 2 saturated carbocycles. The van der Waals surface area contributed by atoms with E-state index in [4.69, 9.17) is 4.74 Å².